The molecule has 0 bridgehead atoms. The molecule has 4 nitrogen and oxygen atoms in total. The Labute approximate surface area is 154 Å². The SMILES string of the molecule is CC(C)Oc1ccc(Cl)cc1CNc1ccc(NC(=O)C(C)C)cc1. The second-order valence-corrected chi connectivity index (χ2v) is 6.93. The number of amides is 1. The molecule has 0 heterocycles. The van der Waals surface area contributed by atoms with Crippen molar-refractivity contribution in [2.75, 3.05) is 10.6 Å². The highest BCUT2D eigenvalue weighted by Crippen LogP contribution is 2.25. The normalized spacial score (nSPS) is 10.8. The zero-order valence-electron chi connectivity index (χ0n) is 15.1. The minimum atomic E-state index is -0.0417. The Morgan fingerprint density at radius 3 is 2.28 bits per heavy atom. The lowest BCUT2D eigenvalue weighted by Crippen LogP contribution is -2.17. The van der Waals surface area contributed by atoms with Gasteiger partial charge in [0.05, 0.1) is 6.10 Å². The molecule has 0 aliphatic carbocycles. The Balaban J connectivity index is 2.02. The highest BCUT2D eigenvalue weighted by Gasteiger charge is 2.08. The standard InChI is InChI=1S/C20H25ClN2O2/c1-13(2)20(24)23-18-8-6-17(7-9-18)22-12-15-11-16(21)5-10-19(15)25-14(3)4/h5-11,13-14,22H,12H2,1-4H3,(H,23,24). The molecule has 1 amide bonds. The molecule has 0 aromatic heterocycles. The molecule has 25 heavy (non-hydrogen) atoms. The first-order valence-electron chi connectivity index (χ1n) is 8.45. The maximum atomic E-state index is 11.7. The van der Waals surface area contributed by atoms with Crippen molar-refractivity contribution in [3.63, 3.8) is 0 Å². The molecule has 2 aromatic carbocycles. The van der Waals surface area contributed by atoms with Crippen LogP contribution in [0.5, 0.6) is 5.75 Å². The van der Waals surface area contributed by atoms with Gasteiger partial charge in [-0.05, 0) is 56.3 Å². The summed E-state index contributed by atoms with van der Waals surface area (Å²) in [5.41, 5.74) is 2.74. The zero-order chi connectivity index (χ0) is 18.4. The van der Waals surface area contributed by atoms with Gasteiger partial charge in [0.15, 0.2) is 0 Å². The summed E-state index contributed by atoms with van der Waals surface area (Å²) in [6.07, 6.45) is 0.101. The molecule has 0 unspecified atom stereocenters. The quantitative estimate of drug-likeness (QED) is 0.701. The number of rotatable bonds is 7. The summed E-state index contributed by atoms with van der Waals surface area (Å²) < 4.78 is 5.83. The van der Waals surface area contributed by atoms with Crippen LogP contribution in [0.2, 0.25) is 5.02 Å². The van der Waals surface area contributed by atoms with Gasteiger partial charge in [0.25, 0.3) is 0 Å². The Kier molecular flexibility index (Phi) is 6.71. The Bertz CT molecular complexity index is 712. The Morgan fingerprint density at radius 2 is 1.68 bits per heavy atom. The van der Waals surface area contributed by atoms with E-state index in [9.17, 15) is 4.79 Å². The van der Waals surface area contributed by atoms with Gasteiger partial charge in [-0.3, -0.25) is 4.79 Å². The molecule has 2 aromatic rings. The molecule has 0 aliphatic heterocycles. The lowest BCUT2D eigenvalue weighted by molar-refractivity contribution is -0.118. The first-order chi connectivity index (χ1) is 11.8. The summed E-state index contributed by atoms with van der Waals surface area (Å²) in [5.74, 6) is 0.794. The molecule has 5 heteroatoms. The zero-order valence-corrected chi connectivity index (χ0v) is 15.9. The third kappa shape index (κ3) is 5.98. The van der Waals surface area contributed by atoms with E-state index in [2.05, 4.69) is 10.6 Å². The fraction of sp³-hybridized carbons (Fsp3) is 0.350. The van der Waals surface area contributed by atoms with Gasteiger partial charge in [0.2, 0.25) is 5.91 Å². The van der Waals surface area contributed by atoms with Crippen LogP contribution in [0.4, 0.5) is 11.4 Å². The highest BCUT2D eigenvalue weighted by atomic mass is 35.5. The third-order valence-electron chi connectivity index (χ3n) is 3.54. The molecular weight excluding hydrogens is 336 g/mol. The summed E-state index contributed by atoms with van der Waals surface area (Å²) in [5, 5.41) is 6.91. The van der Waals surface area contributed by atoms with Crippen LogP contribution in [-0.2, 0) is 11.3 Å². The molecule has 0 saturated carbocycles. The average molecular weight is 361 g/mol. The van der Waals surface area contributed by atoms with Crippen LogP contribution in [0.1, 0.15) is 33.3 Å². The maximum absolute atomic E-state index is 11.7. The van der Waals surface area contributed by atoms with Crippen LogP contribution in [-0.4, -0.2) is 12.0 Å². The predicted molar refractivity (Wildman–Crippen MR) is 104 cm³/mol. The van der Waals surface area contributed by atoms with Crippen molar-refractivity contribution < 1.29 is 9.53 Å². The predicted octanol–water partition coefficient (Wildman–Crippen LogP) is 5.33. The van der Waals surface area contributed by atoms with Gasteiger partial charge in [-0.1, -0.05) is 25.4 Å². The van der Waals surface area contributed by atoms with Gasteiger partial charge >= 0.3 is 0 Å². The van der Waals surface area contributed by atoms with Crippen molar-refractivity contribution in [3.05, 3.63) is 53.1 Å². The second kappa shape index (κ2) is 8.77. The number of hydrogen-bond donors (Lipinski definition) is 2. The topological polar surface area (TPSA) is 50.4 Å². The van der Waals surface area contributed by atoms with E-state index in [1.165, 1.54) is 0 Å². The molecule has 2 N–H and O–H groups in total. The third-order valence-corrected chi connectivity index (χ3v) is 3.78. The lowest BCUT2D eigenvalue weighted by atomic mass is 10.2. The molecule has 2 rings (SSSR count). The summed E-state index contributed by atoms with van der Waals surface area (Å²) in [6, 6.07) is 13.3. The van der Waals surface area contributed by atoms with Gasteiger partial charge in [0, 0.05) is 34.4 Å². The van der Waals surface area contributed by atoms with E-state index in [4.69, 9.17) is 16.3 Å². The first kappa shape index (κ1) is 19.1. The monoisotopic (exact) mass is 360 g/mol. The summed E-state index contributed by atoms with van der Waals surface area (Å²) in [6.45, 7) is 8.33. The van der Waals surface area contributed by atoms with Gasteiger partial charge < -0.3 is 15.4 Å². The molecule has 0 saturated heterocycles. The molecule has 0 spiro atoms. The molecule has 0 fully saturated rings. The minimum Gasteiger partial charge on any atom is -0.491 e. The van der Waals surface area contributed by atoms with Crippen molar-refractivity contribution in [1.29, 1.82) is 0 Å². The van der Waals surface area contributed by atoms with Crippen molar-refractivity contribution in [3.8, 4) is 5.75 Å². The fourth-order valence-electron chi connectivity index (χ4n) is 2.21. The maximum Gasteiger partial charge on any atom is 0.226 e. The number of carbonyl (C=O) groups is 1. The van der Waals surface area contributed by atoms with E-state index in [0.29, 0.717) is 11.6 Å². The van der Waals surface area contributed by atoms with Gasteiger partial charge in [-0.15, -0.1) is 0 Å². The fourth-order valence-corrected chi connectivity index (χ4v) is 2.41. The summed E-state index contributed by atoms with van der Waals surface area (Å²) in [4.78, 5) is 11.7. The first-order valence-corrected chi connectivity index (χ1v) is 8.83. The van der Waals surface area contributed by atoms with E-state index in [-0.39, 0.29) is 17.9 Å². The number of halogens is 1. The van der Waals surface area contributed by atoms with E-state index < -0.39 is 0 Å². The number of carbonyl (C=O) groups excluding carboxylic acids is 1. The smallest absolute Gasteiger partial charge is 0.226 e. The van der Waals surface area contributed by atoms with Gasteiger partial charge in [-0.2, -0.15) is 0 Å². The van der Waals surface area contributed by atoms with Crippen LogP contribution >= 0.6 is 11.6 Å². The number of benzene rings is 2. The van der Waals surface area contributed by atoms with E-state index in [1.54, 1.807) is 0 Å². The van der Waals surface area contributed by atoms with Gasteiger partial charge in [0.1, 0.15) is 5.75 Å². The largest absolute Gasteiger partial charge is 0.491 e. The van der Waals surface area contributed by atoms with E-state index in [0.717, 1.165) is 22.7 Å². The second-order valence-electron chi connectivity index (χ2n) is 6.49. The Morgan fingerprint density at radius 1 is 1.04 bits per heavy atom. The molecule has 0 radical (unpaired) electrons. The summed E-state index contributed by atoms with van der Waals surface area (Å²) in [7, 11) is 0. The number of anilines is 2. The van der Waals surface area contributed by atoms with Crippen molar-refractivity contribution in [2.45, 2.75) is 40.3 Å². The molecular formula is C20H25ClN2O2. The summed E-state index contributed by atoms with van der Waals surface area (Å²) >= 11 is 6.11. The van der Waals surface area contributed by atoms with Crippen molar-refractivity contribution in [2.24, 2.45) is 5.92 Å². The van der Waals surface area contributed by atoms with E-state index >= 15 is 0 Å². The van der Waals surface area contributed by atoms with Gasteiger partial charge in [-0.25, -0.2) is 0 Å². The number of hydrogen-bond acceptors (Lipinski definition) is 3. The lowest BCUT2D eigenvalue weighted by Gasteiger charge is -2.16. The number of ether oxygens (including phenoxy) is 1. The average Bonchev–Trinajstić information content (AvgIpc) is 2.55. The Hall–Kier alpha value is -2.20. The molecule has 0 aliphatic rings. The number of nitrogens with one attached hydrogen (secondary N) is 2. The van der Waals surface area contributed by atoms with Crippen molar-refractivity contribution >= 4 is 28.9 Å². The molecule has 134 valence electrons. The van der Waals surface area contributed by atoms with Crippen LogP contribution in [0.25, 0.3) is 0 Å². The van der Waals surface area contributed by atoms with Crippen LogP contribution in [0.15, 0.2) is 42.5 Å². The van der Waals surface area contributed by atoms with Crippen LogP contribution < -0.4 is 15.4 Å². The van der Waals surface area contributed by atoms with Crippen LogP contribution in [0, 0.1) is 5.92 Å². The highest BCUT2D eigenvalue weighted by molar-refractivity contribution is 6.30. The van der Waals surface area contributed by atoms with E-state index in [1.807, 2.05) is 70.2 Å². The minimum absolute atomic E-state index is 0.00936. The van der Waals surface area contributed by atoms with Crippen LogP contribution in [0.3, 0.4) is 0 Å². The molecule has 0 atom stereocenters. The van der Waals surface area contributed by atoms with Crippen molar-refractivity contribution in [1.82, 2.24) is 0 Å².